The fourth-order valence-electron chi connectivity index (χ4n) is 1.36. The number of hydrogen-bond donors (Lipinski definition) is 3. The predicted octanol–water partition coefficient (Wildman–Crippen LogP) is -0.125. The summed E-state index contributed by atoms with van der Waals surface area (Å²) in [6, 6.07) is -0.612. The highest BCUT2D eigenvalue weighted by molar-refractivity contribution is 5.81. The van der Waals surface area contributed by atoms with Crippen LogP contribution in [0.3, 0.4) is 0 Å². The topological polar surface area (TPSA) is 84.6 Å². The van der Waals surface area contributed by atoms with Crippen molar-refractivity contribution in [1.29, 1.82) is 0 Å². The highest BCUT2D eigenvalue weighted by Crippen LogP contribution is 2.20. The molecule has 0 rings (SSSR count). The number of nitrogens with one attached hydrogen (secondary N) is 1. The van der Waals surface area contributed by atoms with Gasteiger partial charge in [0, 0.05) is 20.3 Å². The first-order valence-electron chi connectivity index (χ1n) is 5.56. The van der Waals surface area contributed by atoms with Crippen LogP contribution in [-0.2, 0) is 9.53 Å². The molecule has 0 heterocycles. The number of carbonyl (C=O) groups is 1. The van der Waals surface area contributed by atoms with Gasteiger partial charge in [-0.2, -0.15) is 0 Å². The molecule has 5 heteroatoms. The number of ether oxygens (including phenoxy) is 1. The number of amides is 1. The second kappa shape index (κ2) is 7.60. The molecule has 4 N–H and O–H groups in total. The Kier molecular flexibility index (Phi) is 7.29. The molecule has 0 spiro atoms. The van der Waals surface area contributed by atoms with Gasteiger partial charge < -0.3 is 20.9 Å². The van der Waals surface area contributed by atoms with Crippen molar-refractivity contribution in [2.24, 2.45) is 11.1 Å². The van der Waals surface area contributed by atoms with Gasteiger partial charge in [-0.1, -0.05) is 13.8 Å². The zero-order valence-corrected chi connectivity index (χ0v) is 10.5. The molecule has 1 atom stereocenters. The molecule has 1 unspecified atom stereocenters. The van der Waals surface area contributed by atoms with Crippen LogP contribution in [0.4, 0.5) is 0 Å². The second-order valence-electron chi connectivity index (χ2n) is 4.77. The molecule has 0 saturated carbocycles. The summed E-state index contributed by atoms with van der Waals surface area (Å²) in [4.78, 5) is 11.5. The number of hydrogen-bond acceptors (Lipinski definition) is 4. The van der Waals surface area contributed by atoms with Crippen molar-refractivity contribution in [3.8, 4) is 0 Å². The summed E-state index contributed by atoms with van der Waals surface area (Å²) in [6.45, 7) is 5.06. The highest BCUT2D eigenvalue weighted by Gasteiger charge is 2.20. The largest absolute Gasteiger partial charge is 0.396 e. The van der Waals surface area contributed by atoms with Gasteiger partial charge in [-0.05, 0) is 18.3 Å². The predicted molar refractivity (Wildman–Crippen MR) is 63.0 cm³/mol. The van der Waals surface area contributed by atoms with E-state index >= 15 is 0 Å². The van der Waals surface area contributed by atoms with Crippen molar-refractivity contribution in [3.63, 3.8) is 0 Å². The molecule has 0 aromatic heterocycles. The molecule has 5 nitrogen and oxygen atoms in total. The van der Waals surface area contributed by atoms with Crippen LogP contribution in [0.1, 0.15) is 26.7 Å². The number of rotatable bonds is 8. The van der Waals surface area contributed by atoms with Gasteiger partial charge >= 0.3 is 0 Å². The van der Waals surface area contributed by atoms with Gasteiger partial charge in [0.15, 0.2) is 0 Å². The molecule has 0 aromatic carbocycles. The second-order valence-corrected chi connectivity index (χ2v) is 4.77. The van der Waals surface area contributed by atoms with Crippen LogP contribution in [0.15, 0.2) is 0 Å². The van der Waals surface area contributed by atoms with Gasteiger partial charge in [-0.15, -0.1) is 0 Å². The molecule has 1 amide bonds. The van der Waals surface area contributed by atoms with Crippen LogP contribution >= 0.6 is 0 Å². The molecule has 0 aliphatic rings. The first-order valence-corrected chi connectivity index (χ1v) is 5.56. The average molecular weight is 232 g/mol. The summed E-state index contributed by atoms with van der Waals surface area (Å²) >= 11 is 0. The minimum Gasteiger partial charge on any atom is -0.396 e. The van der Waals surface area contributed by atoms with Crippen molar-refractivity contribution in [2.75, 3.05) is 26.9 Å². The Morgan fingerprint density at radius 3 is 2.69 bits per heavy atom. The Morgan fingerprint density at radius 2 is 2.19 bits per heavy atom. The molecular formula is C11H24N2O3. The maximum absolute atomic E-state index is 11.5. The van der Waals surface area contributed by atoms with Crippen LogP contribution in [0.25, 0.3) is 0 Å². The smallest absolute Gasteiger partial charge is 0.239 e. The minimum absolute atomic E-state index is 0.0226. The third-order valence-corrected chi connectivity index (χ3v) is 2.44. The summed E-state index contributed by atoms with van der Waals surface area (Å²) in [5.41, 5.74) is 5.56. The van der Waals surface area contributed by atoms with Crippen molar-refractivity contribution < 1.29 is 14.6 Å². The van der Waals surface area contributed by atoms with Gasteiger partial charge in [-0.3, -0.25) is 4.79 Å². The lowest BCUT2D eigenvalue weighted by Gasteiger charge is -2.25. The van der Waals surface area contributed by atoms with E-state index in [2.05, 4.69) is 5.32 Å². The van der Waals surface area contributed by atoms with Crippen LogP contribution in [0, 0.1) is 5.41 Å². The van der Waals surface area contributed by atoms with E-state index in [0.29, 0.717) is 6.54 Å². The lowest BCUT2D eigenvalue weighted by atomic mass is 9.88. The van der Waals surface area contributed by atoms with E-state index in [1.165, 1.54) is 7.11 Å². The number of nitrogens with two attached hydrogens (primary N) is 1. The Morgan fingerprint density at radius 1 is 1.56 bits per heavy atom. The van der Waals surface area contributed by atoms with E-state index in [4.69, 9.17) is 15.6 Å². The van der Waals surface area contributed by atoms with Gasteiger partial charge in [0.1, 0.15) is 6.04 Å². The standard InChI is InChI=1S/C11H24N2O3/c1-11(2,5-4-6-14)8-13-10(15)9(12)7-16-3/h9,14H,4-8,12H2,1-3H3,(H,13,15). The van der Waals surface area contributed by atoms with E-state index in [-0.39, 0.29) is 24.5 Å². The molecule has 0 aliphatic heterocycles. The summed E-state index contributed by atoms with van der Waals surface area (Å²) in [7, 11) is 1.51. The summed E-state index contributed by atoms with van der Waals surface area (Å²) in [6.07, 6.45) is 1.61. The highest BCUT2D eigenvalue weighted by atomic mass is 16.5. The zero-order chi connectivity index (χ0) is 12.6. The van der Waals surface area contributed by atoms with E-state index in [1.54, 1.807) is 0 Å². The van der Waals surface area contributed by atoms with Crippen LogP contribution in [0.2, 0.25) is 0 Å². The number of methoxy groups -OCH3 is 1. The fourth-order valence-corrected chi connectivity index (χ4v) is 1.36. The van der Waals surface area contributed by atoms with Gasteiger partial charge in [0.05, 0.1) is 6.61 Å². The van der Waals surface area contributed by atoms with E-state index in [0.717, 1.165) is 12.8 Å². The zero-order valence-electron chi connectivity index (χ0n) is 10.5. The maximum atomic E-state index is 11.5. The number of aliphatic hydroxyl groups excluding tert-OH is 1. The average Bonchev–Trinajstić information content (AvgIpc) is 2.23. The van der Waals surface area contributed by atoms with Crippen molar-refractivity contribution >= 4 is 5.91 Å². The number of aliphatic hydroxyl groups is 1. The first-order chi connectivity index (χ1) is 7.43. The summed E-state index contributed by atoms with van der Waals surface area (Å²) < 4.78 is 4.80. The lowest BCUT2D eigenvalue weighted by Crippen LogP contribution is -2.46. The Hall–Kier alpha value is -0.650. The lowest BCUT2D eigenvalue weighted by molar-refractivity contribution is -0.123. The molecule has 0 bridgehead atoms. The normalized spacial score (nSPS) is 13.6. The van der Waals surface area contributed by atoms with Gasteiger partial charge in [-0.25, -0.2) is 0 Å². The fraction of sp³-hybridized carbons (Fsp3) is 0.909. The number of carbonyl (C=O) groups excluding carboxylic acids is 1. The molecular weight excluding hydrogens is 208 g/mol. The van der Waals surface area contributed by atoms with E-state index in [9.17, 15) is 4.79 Å². The summed E-state index contributed by atoms with van der Waals surface area (Å²) in [5.74, 6) is -0.195. The molecule has 0 aromatic rings. The van der Waals surface area contributed by atoms with E-state index < -0.39 is 6.04 Å². The molecule has 96 valence electrons. The van der Waals surface area contributed by atoms with Gasteiger partial charge in [0.25, 0.3) is 0 Å². The van der Waals surface area contributed by atoms with Crippen molar-refractivity contribution in [3.05, 3.63) is 0 Å². The first kappa shape index (κ1) is 15.3. The molecule has 0 aliphatic carbocycles. The van der Waals surface area contributed by atoms with Gasteiger partial charge in [0.2, 0.25) is 5.91 Å². The van der Waals surface area contributed by atoms with E-state index in [1.807, 2.05) is 13.8 Å². The van der Waals surface area contributed by atoms with Crippen LogP contribution in [-0.4, -0.2) is 43.9 Å². The third-order valence-electron chi connectivity index (χ3n) is 2.44. The Bertz CT molecular complexity index is 207. The Balaban J connectivity index is 3.89. The van der Waals surface area contributed by atoms with Crippen LogP contribution < -0.4 is 11.1 Å². The summed E-state index contributed by atoms with van der Waals surface area (Å²) in [5, 5.41) is 11.5. The molecule has 16 heavy (non-hydrogen) atoms. The minimum atomic E-state index is -0.612. The quantitative estimate of drug-likeness (QED) is 0.544. The third kappa shape index (κ3) is 6.76. The monoisotopic (exact) mass is 232 g/mol. The van der Waals surface area contributed by atoms with Crippen molar-refractivity contribution in [1.82, 2.24) is 5.32 Å². The van der Waals surface area contributed by atoms with Crippen LogP contribution in [0.5, 0.6) is 0 Å². The molecule has 0 fully saturated rings. The SMILES string of the molecule is COCC(N)C(=O)NCC(C)(C)CCCO. The maximum Gasteiger partial charge on any atom is 0.239 e. The van der Waals surface area contributed by atoms with Crippen molar-refractivity contribution in [2.45, 2.75) is 32.7 Å². The molecule has 0 radical (unpaired) electrons. The molecule has 0 saturated heterocycles. The Labute approximate surface area is 97.3 Å².